The van der Waals surface area contributed by atoms with Crippen molar-refractivity contribution < 1.29 is 24.2 Å². The Labute approximate surface area is 133 Å². The monoisotopic (exact) mass is 315 g/mol. The van der Waals surface area contributed by atoms with Crippen molar-refractivity contribution in [3.8, 4) is 5.75 Å². The summed E-state index contributed by atoms with van der Waals surface area (Å²) in [6.45, 7) is 0.713. The molecule has 0 unspecified atom stereocenters. The van der Waals surface area contributed by atoms with Crippen LogP contribution in [0.3, 0.4) is 0 Å². The van der Waals surface area contributed by atoms with E-state index in [1.165, 1.54) is 12.1 Å². The van der Waals surface area contributed by atoms with Gasteiger partial charge in [-0.15, -0.1) is 0 Å². The lowest BCUT2D eigenvalue weighted by atomic mass is 10.1. The molecule has 1 amide bonds. The number of nitrogens with one attached hydrogen (secondary N) is 1. The third-order valence-electron chi connectivity index (χ3n) is 3.08. The fourth-order valence-electron chi connectivity index (χ4n) is 1.98. The van der Waals surface area contributed by atoms with E-state index in [-0.39, 0.29) is 11.3 Å². The number of ether oxygens (including phenoxy) is 2. The number of amides is 1. The topological polar surface area (TPSA) is 84.9 Å². The highest BCUT2D eigenvalue weighted by atomic mass is 16.5. The fourth-order valence-corrected chi connectivity index (χ4v) is 1.98. The number of para-hydroxylation sites is 2. The number of carboxylic acids is 1. The van der Waals surface area contributed by atoms with Gasteiger partial charge in [0.25, 0.3) is 5.91 Å². The van der Waals surface area contributed by atoms with Gasteiger partial charge < -0.3 is 19.9 Å². The summed E-state index contributed by atoms with van der Waals surface area (Å²) in [7, 11) is 1.56. The molecule has 6 heteroatoms. The third-order valence-corrected chi connectivity index (χ3v) is 3.08. The Morgan fingerprint density at radius 1 is 1.00 bits per heavy atom. The van der Waals surface area contributed by atoms with Gasteiger partial charge in [-0.25, -0.2) is 4.79 Å². The van der Waals surface area contributed by atoms with Crippen LogP contribution in [0.2, 0.25) is 0 Å². The Balaban J connectivity index is 2.20. The molecule has 0 heterocycles. The molecule has 0 saturated heterocycles. The molecular formula is C17H17NO5. The van der Waals surface area contributed by atoms with Gasteiger partial charge in [-0.2, -0.15) is 0 Å². The Kier molecular flexibility index (Phi) is 5.71. The Morgan fingerprint density at radius 3 is 2.35 bits per heavy atom. The predicted octanol–water partition coefficient (Wildman–Crippen LogP) is 2.66. The van der Waals surface area contributed by atoms with E-state index < -0.39 is 11.9 Å². The summed E-state index contributed by atoms with van der Waals surface area (Å²) in [5, 5.41) is 11.8. The number of carbonyl (C=O) groups is 2. The van der Waals surface area contributed by atoms with E-state index in [9.17, 15) is 9.59 Å². The van der Waals surface area contributed by atoms with Crippen molar-refractivity contribution in [2.75, 3.05) is 25.6 Å². The predicted molar refractivity (Wildman–Crippen MR) is 85.2 cm³/mol. The van der Waals surface area contributed by atoms with E-state index in [0.717, 1.165) is 0 Å². The molecule has 23 heavy (non-hydrogen) atoms. The van der Waals surface area contributed by atoms with Crippen molar-refractivity contribution in [1.29, 1.82) is 0 Å². The van der Waals surface area contributed by atoms with Crippen molar-refractivity contribution in [2.24, 2.45) is 0 Å². The zero-order valence-electron chi connectivity index (χ0n) is 12.6. The molecule has 2 rings (SSSR count). The van der Waals surface area contributed by atoms with E-state index in [4.69, 9.17) is 14.6 Å². The van der Waals surface area contributed by atoms with Crippen molar-refractivity contribution in [3.05, 3.63) is 59.7 Å². The van der Waals surface area contributed by atoms with Crippen molar-refractivity contribution in [3.63, 3.8) is 0 Å². The molecule has 0 atom stereocenters. The van der Waals surface area contributed by atoms with Gasteiger partial charge in [0, 0.05) is 7.11 Å². The number of aromatic carboxylic acids is 1. The lowest BCUT2D eigenvalue weighted by Gasteiger charge is -2.12. The van der Waals surface area contributed by atoms with E-state index in [1.54, 1.807) is 43.5 Å². The molecular weight excluding hydrogens is 298 g/mol. The number of hydrogen-bond acceptors (Lipinski definition) is 4. The zero-order valence-corrected chi connectivity index (χ0v) is 12.6. The van der Waals surface area contributed by atoms with Gasteiger partial charge in [0.1, 0.15) is 12.4 Å². The Hall–Kier alpha value is -2.86. The van der Waals surface area contributed by atoms with E-state index in [1.807, 2.05) is 0 Å². The highest BCUT2D eigenvalue weighted by Gasteiger charge is 2.16. The van der Waals surface area contributed by atoms with Crippen molar-refractivity contribution in [1.82, 2.24) is 0 Å². The molecule has 2 aromatic rings. The molecule has 120 valence electrons. The minimum Gasteiger partial charge on any atom is -0.490 e. The fraction of sp³-hybridized carbons (Fsp3) is 0.176. The van der Waals surface area contributed by atoms with Gasteiger partial charge in [-0.1, -0.05) is 24.3 Å². The second-order valence-electron chi connectivity index (χ2n) is 4.64. The molecule has 2 aromatic carbocycles. The van der Waals surface area contributed by atoms with Crippen LogP contribution in [0.15, 0.2) is 48.5 Å². The van der Waals surface area contributed by atoms with Crippen LogP contribution in [0.1, 0.15) is 20.7 Å². The van der Waals surface area contributed by atoms with Gasteiger partial charge in [-0.3, -0.25) is 4.79 Å². The average Bonchev–Trinajstić information content (AvgIpc) is 2.56. The normalized spacial score (nSPS) is 10.1. The van der Waals surface area contributed by atoms with Gasteiger partial charge in [0.2, 0.25) is 0 Å². The smallest absolute Gasteiger partial charge is 0.337 e. The van der Waals surface area contributed by atoms with Gasteiger partial charge in [0.05, 0.1) is 23.4 Å². The summed E-state index contributed by atoms with van der Waals surface area (Å²) >= 11 is 0. The number of benzene rings is 2. The number of anilines is 1. The summed E-state index contributed by atoms with van der Waals surface area (Å²) in [6.07, 6.45) is 0. The molecule has 0 aliphatic heterocycles. The maximum absolute atomic E-state index is 12.4. The quantitative estimate of drug-likeness (QED) is 0.767. The van der Waals surface area contributed by atoms with Crippen LogP contribution >= 0.6 is 0 Å². The summed E-state index contributed by atoms with van der Waals surface area (Å²) < 4.78 is 10.4. The lowest BCUT2D eigenvalue weighted by molar-refractivity contribution is 0.0698. The van der Waals surface area contributed by atoms with Crippen LogP contribution in [0, 0.1) is 0 Å². The lowest BCUT2D eigenvalue weighted by Crippen LogP contribution is -2.16. The van der Waals surface area contributed by atoms with Crippen molar-refractivity contribution in [2.45, 2.75) is 0 Å². The van der Waals surface area contributed by atoms with Crippen LogP contribution < -0.4 is 10.1 Å². The van der Waals surface area contributed by atoms with Crippen molar-refractivity contribution >= 4 is 17.6 Å². The number of methoxy groups -OCH3 is 1. The van der Waals surface area contributed by atoms with Gasteiger partial charge in [0.15, 0.2) is 0 Å². The summed E-state index contributed by atoms with van der Waals surface area (Å²) in [5.41, 5.74) is 0.583. The molecule has 2 N–H and O–H groups in total. The average molecular weight is 315 g/mol. The Morgan fingerprint density at radius 2 is 1.65 bits per heavy atom. The van der Waals surface area contributed by atoms with Crippen LogP contribution in [0.5, 0.6) is 5.75 Å². The first kappa shape index (κ1) is 16.5. The highest BCUT2D eigenvalue weighted by molar-refractivity contribution is 6.09. The molecule has 0 spiro atoms. The minimum absolute atomic E-state index is 0.0265. The second-order valence-corrected chi connectivity index (χ2v) is 4.64. The van der Waals surface area contributed by atoms with Crippen LogP contribution in [-0.4, -0.2) is 37.3 Å². The number of carbonyl (C=O) groups excluding carboxylic acids is 1. The first-order chi connectivity index (χ1) is 11.1. The first-order valence-corrected chi connectivity index (χ1v) is 6.98. The number of carboxylic acid groups (broad SMARTS) is 1. The molecule has 0 bridgehead atoms. The largest absolute Gasteiger partial charge is 0.490 e. The highest BCUT2D eigenvalue weighted by Crippen LogP contribution is 2.21. The summed E-state index contributed by atoms with van der Waals surface area (Å²) in [6, 6.07) is 13.0. The number of rotatable bonds is 7. The van der Waals surface area contributed by atoms with E-state index in [0.29, 0.717) is 24.5 Å². The first-order valence-electron chi connectivity index (χ1n) is 6.98. The van der Waals surface area contributed by atoms with Gasteiger partial charge >= 0.3 is 5.97 Å². The third kappa shape index (κ3) is 4.31. The molecule has 0 aromatic heterocycles. The zero-order chi connectivity index (χ0) is 16.7. The standard InChI is InChI=1S/C17H17NO5/c1-22-10-11-23-15-9-5-3-7-13(15)16(19)18-14-8-4-2-6-12(14)17(20)21/h2-9H,10-11H2,1H3,(H,18,19)(H,20,21). The van der Waals surface area contributed by atoms with Crippen LogP contribution in [0.25, 0.3) is 0 Å². The molecule has 0 saturated carbocycles. The van der Waals surface area contributed by atoms with E-state index in [2.05, 4.69) is 5.32 Å². The van der Waals surface area contributed by atoms with Gasteiger partial charge in [-0.05, 0) is 24.3 Å². The molecule has 0 fully saturated rings. The molecule has 0 aliphatic rings. The summed E-state index contributed by atoms with van der Waals surface area (Å²) in [5.74, 6) is -1.13. The maximum Gasteiger partial charge on any atom is 0.337 e. The number of hydrogen-bond donors (Lipinski definition) is 2. The SMILES string of the molecule is COCCOc1ccccc1C(=O)Nc1ccccc1C(=O)O. The molecule has 0 aliphatic carbocycles. The Bertz CT molecular complexity index is 699. The van der Waals surface area contributed by atoms with Crippen LogP contribution in [-0.2, 0) is 4.74 Å². The van der Waals surface area contributed by atoms with E-state index >= 15 is 0 Å². The summed E-state index contributed by atoms with van der Waals surface area (Å²) in [4.78, 5) is 23.6. The maximum atomic E-state index is 12.4. The molecule has 0 radical (unpaired) electrons. The minimum atomic E-state index is -1.11. The molecule has 6 nitrogen and oxygen atoms in total. The second kappa shape index (κ2) is 7.95. The van der Waals surface area contributed by atoms with Crippen LogP contribution in [0.4, 0.5) is 5.69 Å².